The highest BCUT2D eigenvalue weighted by Crippen LogP contribution is 2.02. The molecule has 0 bridgehead atoms. The Kier molecular flexibility index (Phi) is 5.20. The summed E-state index contributed by atoms with van der Waals surface area (Å²) in [5, 5.41) is 2.63. The van der Waals surface area contributed by atoms with Crippen molar-refractivity contribution in [3.05, 3.63) is 35.9 Å². The number of hydrogen-bond donors (Lipinski definition) is 1. The Morgan fingerprint density at radius 1 is 1.29 bits per heavy atom. The van der Waals surface area contributed by atoms with Gasteiger partial charge in [0.05, 0.1) is 6.42 Å². The molecule has 0 saturated carbocycles. The van der Waals surface area contributed by atoms with E-state index in [0.717, 1.165) is 5.56 Å². The van der Waals surface area contributed by atoms with Crippen LogP contribution in [0.1, 0.15) is 25.8 Å². The summed E-state index contributed by atoms with van der Waals surface area (Å²) in [7, 11) is 0. The molecule has 0 aliphatic carbocycles. The fourth-order valence-corrected chi connectivity index (χ4v) is 1.45. The maximum Gasteiger partial charge on any atom is 0.308 e. The molecule has 0 aromatic heterocycles. The summed E-state index contributed by atoms with van der Waals surface area (Å²) in [4.78, 5) is 22.2. The quantitative estimate of drug-likeness (QED) is 0.789. The van der Waals surface area contributed by atoms with Gasteiger partial charge in [-0.25, -0.2) is 0 Å². The summed E-state index contributed by atoms with van der Waals surface area (Å²) < 4.78 is 5.09. The van der Waals surface area contributed by atoms with Gasteiger partial charge in [-0.2, -0.15) is 0 Å². The van der Waals surface area contributed by atoms with Gasteiger partial charge in [0.2, 0.25) is 5.91 Å². The lowest BCUT2D eigenvalue weighted by Gasteiger charge is -2.11. The SMILES string of the molecule is CC(=O)NC(C)CC(=O)OCc1ccccc1. The highest BCUT2D eigenvalue weighted by Gasteiger charge is 2.10. The fraction of sp³-hybridized carbons (Fsp3) is 0.385. The van der Waals surface area contributed by atoms with Gasteiger partial charge in [-0.05, 0) is 12.5 Å². The molecule has 0 heterocycles. The van der Waals surface area contributed by atoms with Crippen molar-refractivity contribution >= 4 is 11.9 Å². The van der Waals surface area contributed by atoms with Gasteiger partial charge in [0, 0.05) is 13.0 Å². The smallest absolute Gasteiger partial charge is 0.308 e. The largest absolute Gasteiger partial charge is 0.461 e. The third kappa shape index (κ3) is 5.70. The summed E-state index contributed by atoms with van der Waals surface area (Å²) in [5.74, 6) is -0.455. The lowest BCUT2D eigenvalue weighted by Crippen LogP contribution is -2.32. The second kappa shape index (κ2) is 6.68. The molecule has 1 aromatic rings. The first-order valence-electron chi connectivity index (χ1n) is 5.54. The average Bonchev–Trinajstić information content (AvgIpc) is 2.26. The van der Waals surface area contributed by atoms with Gasteiger partial charge in [0.15, 0.2) is 0 Å². The van der Waals surface area contributed by atoms with Crippen LogP contribution in [0.4, 0.5) is 0 Å². The zero-order valence-electron chi connectivity index (χ0n) is 10.1. The summed E-state index contributed by atoms with van der Waals surface area (Å²) in [5.41, 5.74) is 0.952. The Bertz CT molecular complexity index is 376. The molecular weight excluding hydrogens is 218 g/mol. The van der Waals surface area contributed by atoms with Crippen LogP contribution in [-0.4, -0.2) is 17.9 Å². The third-order valence-electron chi connectivity index (χ3n) is 2.17. The van der Waals surface area contributed by atoms with Gasteiger partial charge in [0.25, 0.3) is 0 Å². The molecule has 0 spiro atoms. The Morgan fingerprint density at radius 2 is 1.94 bits per heavy atom. The van der Waals surface area contributed by atoms with Gasteiger partial charge in [0.1, 0.15) is 6.61 Å². The first-order chi connectivity index (χ1) is 8.08. The lowest BCUT2D eigenvalue weighted by atomic mass is 10.2. The zero-order valence-corrected chi connectivity index (χ0v) is 10.1. The van der Waals surface area contributed by atoms with Crippen LogP contribution in [0.2, 0.25) is 0 Å². The van der Waals surface area contributed by atoms with E-state index in [0.29, 0.717) is 0 Å². The van der Waals surface area contributed by atoms with Crippen LogP contribution in [0.5, 0.6) is 0 Å². The molecular formula is C13H17NO3. The predicted molar refractivity (Wildman–Crippen MR) is 64.1 cm³/mol. The van der Waals surface area contributed by atoms with Crippen LogP contribution in [0.3, 0.4) is 0 Å². The van der Waals surface area contributed by atoms with Gasteiger partial charge in [-0.15, -0.1) is 0 Å². The normalized spacial score (nSPS) is 11.6. The van der Waals surface area contributed by atoms with Gasteiger partial charge in [-0.1, -0.05) is 30.3 Å². The van der Waals surface area contributed by atoms with Crippen LogP contribution >= 0.6 is 0 Å². The molecule has 1 unspecified atom stereocenters. The van der Waals surface area contributed by atoms with Crippen molar-refractivity contribution in [2.45, 2.75) is 32.9 Å². The molecule has 4 heteroatoms. The Labute approximate surface area is 101 Å². The first-order valence-corrected chi connectivity index (χ1v) is 5.54. The highest BCUT2D eigenvalue weighted by molar-refractivity contribution is 5.75. The molecule has 0 aliphatic heterocycles. The summed E-state index contributed by atoms with van der Waals surface area (Å²) in [6.07, 6.45) is 0.187. The Morgan fingerprint density at radius 3 is 2.53 bits per heavy atom. The van der Waals surface area contributed by atoms with E-state index in [1.54, 1.807) is 6.92 Å². The fourth-order valence-electron chi connectivity index (χ4n) is 1.45. The maximum absolute atomic E-state index is 11.4. The van der Waals surface area contributed by atoms with Crippen molar-refractivity contribution in [2.75, 3.05) is 0 Å². The Hall–Kier alpha value is -1.84. The van der Waals surface area contributed by atoms with Crippen molar-refractivity contribution in [1.82, 2.24) is 5.32 Å². The van der Waals surface area contributed by atoms with Crippen LogP contribution in [0.15, 0.2) is 30.3 Å². The van der Waals surface area contributed by atoms with Crippen molar-refractivity contribution in [1.29, 1.82) is 0 Å². The monoisotopic (exact) mass is 235 g/mol. The van der Waals surface area contributed by atoms with E-state index < -0.39 is 0 Å². The number of hydrogen-bond acceptors (Lipinski definition) is 3. The van der Waals surface area contributed by atoms with Crippen LogP contribution in [0, 0.1) is 0 Å². The molecule has 0 aliphatic rings. The van der Waals surface area contributed by atoms with E-state index in [4.69, 9.17) is 4.74 Å². The van der Waals surface area contributed by atoms with Crippen LogP contribution in [0.25, 0.3) is 0 Å². The van der Waals surface area contributed by atoms with E-state index in [1.807, 2.05) is 30.3 Å². The molecule has 1 amide bonds. The number of carbonyl (C=O) groups is 2. The van der Waals surface area contributed by atoms with E-state index in [-0.39, 0.29) is 30.9 Å². The Balaban J connectivity index is 2.28. The topological polar surface area (TPSA) is 55.4 Å². The van der Waals surface area contributed by atoms with E-state index in [2.05, 4.69) is 5.32 Å². The molecule has 17 heavy (non-hydrogen) atoms. The van der Waals surface area contributed by atoms with Gasteiger partial charge in [-0.3, -0.25) is 9.59 Å². The van der Waals surface area contributed by atoms with E-state index >= 15 is 0 Å². The molecule has 1 N–H and O–H groups in total. The van der Waals surface area contributed by atoms with Crippen molar-refractivity contribution in [3.8, 4) is 0 Å². The molecule has 4 nitrogen and oxygen atoms in total. The predicted octanol–water partition coefficient (Wildman–Crippen LogP) is 1.64. The van der Waals surface area contributed by atoms with Crippen LogP contribution < -0.4 is 5.32 Å². The number of carbonyl (C=O) groups excluding carboxylic acids is 2. The molecule has 1 atom stereocenters. The number of nitrogens with one attached hydrogen (secondary N) is 1. The summed E-state index contributed by atoms with van der Waals surface area (Å²) in [6.45, 7) is 3.46. The second-order valence-electron chi connectivity index (χ2n) is 3.95. The number of benzene rings is 1. The zero-order chi connectivity index (χ0) is 12.7. The van der Waals surface area contributed by atoms with Crippen molar-refractivity contribution in [2.24, 2.45) is 0 Å². The molecule has 92 valence electrons. The minimum absolute atomic E-state index is 0.145. The molecule has 1 aromatic carbocycles. The molecule has 1 rings (SSSR count). The summed E-state index contributed by atoms with van der Waals surface area (Å²) >= 11 is 0. The maximum atomic E-state index is 11.4. The van der Waals surface area contributed by atoms with Crippen molar-refractivity contribution < 1.29 is 14.3 Å². The summed E-state index contributed by atoms with van der Waals surface area (Å²) in [6, 6.07) is 9.28. The van der Waals surface area contributed by atoms with Crippen LogP contribution in [-0.2, 0) is 20.9 Å². The number of amides is 1. The molecule has 0 fully saturated rings. The third-order valence-corrected chi connectivity index (χ3v) is 2.17. The minimum atomic E-state index is -0.310. The average molecular weight is 235 g/mol. The minimum Gasteiger partial charge on any atom is -0.461 e. The first kappa shape index (κ1) is 13.2. The highest BCUT2D eigenvalue weighted by atomic mass is 16.5. The number of ether oxygens (including phenoxy) is 1. The second-order valence-corrected chi connectivity index (χ2v) is 3.95. The van der Waals surface area contributed by atoms with Crippen molar-refractivity contribution in [3.63, 3.8) is 0 Å². The van der Waals surface area contributed by atoms with E-state index in [1.165, 1.54) is 6.92 Å². The lowest BCUT2D eigenvalue weighted by molar-refractivity contribution is -0.145. The number of esters is 1. The van der Waals surface area contributed by atoms with E-state index in [9.17, 15) is 9.59 Å². The van der Waals surface area contributed by atoms with Gasteiger partial charge < -0.3 is 10.1 Å². The number of rotatable bonds is 5. The molecule has 0 radical (unpaired) electrons. The van der Waals surface area contributed by atoms with Gasteiger partial charge >= 0.3 is 5.97 Å². The molecule has 0 saturated heterocycles. The standard InChI is InChI=1S/C13H17NO3/c1-10(14-11(2)15)8-13(16)17-9-12-6-4-3-5-7-12/h3-7,10H,8-9H2,1-2H3,(H,14,15).